The van der Waals surface area contributed by atoms with Crippen LogP contribution in [0.4, 0.5) is 0 Å². The summed E-state index contributed by atoms with van der Waals surface area (Å²) in [4.78, 5) is 7.26. The molecule has 1 N–H and O–H groups in total. The van der Waals surface area contributed by atoms with Crippen LogP contribution in [-0.2, 0) is 6.42 Å². The van der Waals surface area contributed by atoms with Crippen LogP contribution in [0.5, 0.6) is 11.5 Å². The number of aromatic amines is 1. The largest absolute Gasteiger partial charge is 0.493 e. The summed E-state index contributed by atoms with van der Waals surface area (Å²) in [5, 5.41) is 0. The third-order valence-electron chi connectivity index (χ3n) is 3.15. The van der Waals surface area contributed by atoms with E-state index in [1.807, 2.05) is 18.3 Å². The number of hydrogen-bond donors (Lipinski definition) is 1. The van der Waals surface area contributed by atoms with Crippen molar-refractivity contribution < 1.29 is 9.47 Å². The van der Waals surface area contributed by atoms with E-state index < -0.39 is 0 Å². The Balaban J connectivity index is 2.24. The highest BCUT2D eigenvalue weighted by Crippen LogP contribution is 2.41. The predicted molar refractivity (Wildman–Crippen MR) is 70.8 cm³/mol. The molecule has 0 amide bonds. The molecule has 1 aliphatic rings. The van der Waals surface area contributed by atoms with E-state index in [9.17, 15) is 0 Å². The first kappa shape index (κ1) is 11.2. The number of benzene rings is 1. The molecule has 18 heavy (non-hydrogen) atoms. The average Bonchev–Trinajstić information content (AvgIpc) is 2.74. The van der Waals surface area contributed by atoms with Crippen LogP contribution in [0.1, 0.15) is 11.1 Å². The summed E-state index contributed by atoms with van der Waals surface area (Å²) < 4.78 is 11.1. The fraction of sp³-hybridized carbons (Fsp3) is 0.231. The van der Waals surface area contributed by atoms with Gasteiger partial charge in [-0.3, -0.25) is 0 Å². The Morgan fingerprint density at radius 2 is 1.89 bits per heavy atom. The van der Waals surface area contributed by atoms with Crippen molar-refractivity contribution in [3.05, 3.63) is 34.2 Å². The summed E-state index contributed by atoms with van der Waals surface area (Å²) in [6, 6.07) is 3.98. The lowest BCUT2D eigenvalue weighted by Crippen LogP contribution is -1.92. The highest BCUT2D eigenvalue weighted by molar-refractivity contribution is 7.71. The van der Waals surface area contributed by atoms with Gasteiger partial charge in [-0.25, -0.2) is 4.98 Å². The second-order valence-corrected chi connectivity index (χ2v) is 4.52. The second kappa shape index (κ2) is 4.10. The van der Waals surface area contributed by atoms with Gasteiger partial charge in [0.1, 0.15) is 0 Å². The van der Waals surface area contributed by atoms with Gasteiger partial charge in [-0.2, -0.15) is 0 Å². The fourth-order valence-corrected chi connectivity index (χ4v) is 2.45. The van der Waals surface area contributed by atoms with Gasteiger partial charge in [-0.15, -0.1) is 0 Å². The first-order chi connectivity index (χ1) is 8.72. The Hall–Kier alpha value is -1.88. The Bertz CT molecular complexity index is 679. The molecule has 1 aliphatic carbocycles. The Morgan fingerprint density at radius 3 is 2.61 bits per heavy atom. The molecule has 0 fully saturated rings. The molecule has 1 heterocycles. The van der Waals surface area contributed by atoms with Crippen LogP contribution in [0, 0.1) is 4.77 Å². The molecule has 0 saturated carbocycles. The molecule has 1 aromatic carbocycles. The van der Waals surface area contributed by atoms with Gasteiger partial charge in [-0.05, 0) is 35.5 Å². The van der Waals surface area contributed by atoms with Crippen LogP contribution in [0.2, 0.25) is 0 Å². The normalized spacial score (nSPS) is 11.9. The minimum Gasteiger partial charge on any atom is -0.493 e. The van der Waals surface area contributed by atoms with Crippen molar-refractivity contribution in [1.29, 1.82) is 0 Å². The van der Waals surface area contributed by atoms with E-state index in [1.54, 1.807) is 14.2 Å². The molecule has 2 aromatic rings. The molecule has 0 aliphatic heterocycles. The topological polar surface area (TPSA) is 47.1 Å². The fourth-order valence-electron chi connectivity index (χ4n) is 2.30. The summed E-state index contributed by atoms with van der Waals surface area (Å²) in [6.45, 7) is 0. The van der Waals surface area contributed by atoms with E-state index in [2.05, 4.69) is 9.97 Å². The molecule has 1 aromatic heterocycles. The highest BCUT2D eigenvalue weighted by atomic mass is 32.1. The van der Waals surface area contributed by atoms with Crippen molar-refractivity contribution in [2.45, 2.75) is 6.42 Å². The number of rotatable bonds is 2. The molecule has 4 nitrogen and oxygen atoms in total. The first-order valence-electron chi connectivity index (χ1n) is 5.56. The Kier molecular flexibility index (Phi) is 2.56. The van der Waals surface area contributed by atoms with E-state index >= 15 is 0 Å². The summed E-state index contributed by atoms with van der Waals surface area (Å²) in [6.07, 6.45) is 2.66. The van der Waals surface area contributed by atoms with Gasteiger partial charge in [0, 0.05) is 18.2 Å². The molecule has 0 radical (unpaired) electrons. The van der Waals surface area contributed by atoms with Gasteiger partial charge in [0.2, 0.25) is 0 Å². The summed E-state index contributed by atoms with van der Waals surface area (Å²) in [5.74, 6) is 1.47. The number of H-pyrrole nitrogens is 1. The first-order valence-corrected chi connectivity index (χ1v) is 5.97. The quantitative estimate of drug-likeness (QED) is 0.720. The molecule has 0 unspecified atom stereocenters. The molecule has 0 spiro atoms. The maximum atomic E-state index is 5.33. The van der Waals surface area contributed by atoms with E-state index in [0.717, 1.165) is 34.7 Å². The molecule has 0 saturated heterocycles. The number of hydrogen-bond acceptors (Lipinski definition) is 4. The standard InChI is InChI=1S/C13H12N2O2S/c1-16-10-4-7-3-8-6-14-13(18)15-12(8)9(7)5-11(10)17-2/h4-6H,3H2,1-2H3,(H,14,15,18). The number of ether oxygens (including phenoxy) is 2. The minimum absolute atomic E-state index is 0.497. The third kappa shape index (κ3) is 1.59. The molecular formula is C13H12N2O2S. The van der Waals surface area contributed by atoms with Crippen molar-refractivity contribution >= 4 is 12.2 Å². The lowest BCUT2D eigenvalue weighted by atomic mass is 10.1. The van der Waals surface area contributed by atoms with Gasteiger partial charge in [0.05, 0.1) is 19.9 Å². The summed E-state index contributed by atoms with van der Waals surface area (Å²) in [7, 11) is 3.27. The van der Waals surface area contributed by atoms with Crippen LogP contribution >= 0.6 is 12.2 Å². The van der Waals surface area contributed by atoms with Gasteiger partial charge in [-0.1, -0.05) is 0 Å². The number of methoxy groups -OCH3 is 2. The molecule has 5 heteroatoms. The third-order valence-corrected chi connectivity index (χ3v) is 3.36. The summed E-state index contributed by atoms with van der Waals surface area (Å²) in [5.41, 5.74) is 4.48. The van der Waals surface area contributed by atoms with Crippen LogP contribution in [0.25, 0.3) is 11.3 Å². The maximum Gasteiger partial charge on any atom is 0.197 e. The molecule has 92 valence electrons. The monoisotopic (exact) mass is 260 g/mol. The van der Waals surface area contributed by atoms with E-state index in [0.29, 0.717) is 4.77 Å². The smallest absolute Gasteiger partial charge is 0.197 e. The van der Waals surface area contributed by atoms with Gasteiger partial charge in [0.25, 0.3) is 0 Å². The minimum atomic E-state index is 0.497. The molecule has 0 atom stereocenters. The van der Waals surface area contributed by atoms with Crippen molar-refractivity contribution in [1.82, 2.24) is 9.97 Å². The highest BCUT2D eigenvalue weighted by Gasteiger charge is 2.22. The number of aromatic nitrogens is 2. The van der Waals surface area contributed by atoms with Crippen molar-refractivity contribution in [3.8, 4) is 22.8 Å². The van der Waals surface area contributed by atoms with Crippen molar-refractivity contribution in [2.75, 3.05) is 14.2 Å². The van der Waals surface area contributed by atoms with E-state index in [1.165, 1.54) is 5.56 Å². The molecule has 3 rings (SSSR count). The zero-order chi connectivity index (χ0) is 12.7. The van der Waals surface area contributed by atoms with Crippen LogP contribution in [0.15, 0.2) is 18.3 Å². The molecule has 0 bridgehead atoms. The van der Waals surface area contributed by atoms with Crippen molar-refractivity contribution in [3.63, 3.8) is 0 Å². The summed E-state index contributed by atoms with van der Waals surface area (Å²) >= 11 is 5.07. The number of nitrogens with one attached hydrogen (secondary N) is 1. The van der Waals surface area contributed by atoms with Crippen LogP contribution < -0.4 is 9.47 Å². The molecular weight excluding hydrogens is 248 g/mol. The zero-order valence-electron chi connectivity index (χ0n) is 10.1. The van der Waals surface area contributed by atoms with E-state index in [-0.39, 0.29) is 0 Å². The Morgan fingerprint density at radius 1 is 1.17 bits per heavy atom. The van der Waals surface area contributed by atoms with E-state index in [4.69, 9.17) is 21.7 Å². The maximum absolute atomic E-state index is 5.33. The average molecular weight is 260 g/mol. The Labute approximate surface area is 110 Å². The van der Waals surface area contributed by atoms with Crippen molar-refractivity contribution in [2.24, 2.45) is 0 Å². The second-order valence-electron chi connectivity index (χ2n) is 4.13. The van der Waals surface area contributed by atoms with Gasteiger partial charge >= 0.3 is 0 Å². The number of nitrogens with zero attached hydrogens (tertiary/aromatic N) is 1. The SMILES string of the molecule is COc1cc2c(cc1OC)-c1[nH]c(=S)ncc1C2. The van der Waals surface area contributed by atoms with Crippen LogP contribution in [0.3, 0.4) is 0 Å². The predicted octanol–water partition coefficient (Wildman–Crippen LogP) is 2.73. The lowest BCUT2D eigenvalue weighted by Gasteiger charge is -2.10. The lowest BCUT2D eigenvalue weighted by molar-refractivity contribution is 0.355. The van der Waals surface area contributed by atoms with Gasteiger partial charge in [0.15, 0.2) is 16.3 Å². The van der Waals surface area contributed by atoms with Gasteiger partial charge < -0.3 is 14.5 Å². The number of fused-ring (bicyclic) bond motifs is 3. The zero-order valence-corrected chi connectivity index (χ0v) is 10.9. The van der Waals surface area contributed by atoms with Crippen LogP contribution in [-0.4, -0.2) is 24.2 Å².